The lowest BCUT2D eigenvalue weighted by Gasteiger charge is -2.49. The van der Waals surface area contributed by atoms with Crippen molar-refractivity contribution >= 4 is 38.8 Å². The first-order valence-electron chi connectivity index (χ1n) is 21.5. The molecule has 1 aliphatic carbocycles. The Morgan fingerprint density at radius 3 is 1.58 bits per heavy atom. The highest BCUT2D eigenvalue weighted by atomic mass is 15.2. The Morgan fingerprint density at radius 2 is 0.887 bits per heavy atom. The molecular weight excluding hydrogens is 749 g/mol. The van der Waals surface area contributed by atoms with Crippen LogP contribution in [0.4, 0.5) is 11.4 Å². The summed E-state index contributed by atoms with van der Waals surface area (Å²) in [6, 6.07) is 86.2. The number of rotatable bonds is 9. The summed E-state index contributed by atoms with van der Waals surface area (Å²) in [5.41, 5.74) is 16.0. The van der Waals surface area contributed by atoms with Crippen LogP contribution in [0.2, 0.25) is 0 Å². The van der Waals surface area contributed by atoms with Gasteiger partial charge < -0.3 is 9.47 Å². The highest BCUT2D eigenvalue weighted by Crippen LogP contribution is 2.54. The second-order valence-corrected chi connectivity index (χ2v) is 16.0. The van der Waals surface area contributed by atoms with Crippen LogP contribution in [0.25, 0.3) is 66.4 Å². The van der Waals surface area contributed by atoms with E-state index in [1.165, 1.54) is 71.9 Å². The van der Waals surface area contributed by atoms with Crippen LogP contribution in [0.15, 0.2) is 255 Å². The molecule has 10 aromatic rings. The van der Waals surface area contributed by atoms with Crippen molar-refractivity contribution in [1.82, 2.24) is 4.57 Å². The maximum atomic E-state index is 2.61. The molecule has 1 heterocycles. The molecule has 2 nitrogen and oxygen atoms in total. The van der Waals surface area contributed by atoms with Gasteiger partial charge in [0.2, 0.25) is 0 Å². The zero-order valence-electron chi connectivity index (χ0n) is 34.4. The van der Waals surface area contributed by atoms with Crippen LogP contribution >= 0.6 is 0 Å². The highest BCUT2D eigenvalue weighted by Gasteiger charge is 2.45. The fourth-order valence-corrected chi connectivity index (χ4v) is 9.83. The Morgan fingerprint density at radius 1 is 0.387 bits per heavy atom. The van der Waals surface area contributed by atoms with E-state index in [4.69, 9.17) is 0 Å². The van der Waals surface area contributed by atoms with Crippen molar-refractivity contribution < 1.29 is 0 Å². The fourth-order valence-electron chi connectivity index (χ4n) is 9.83. The predicted octanol–water partition coefficient (Wildman–Crippen LogP) is 15.9. The molecule has 0 bridgehead atoms. The van der Waals surface area contributed by atoms with Crippen LogP contribution in [0.3, 0.4) is 0 Å². The minimum absolute atomic E-state index is 0.637. The van der Waals surface area contributed by atoms with Crippen molar-refractivity contribution in [3.05, 3.63) is 266 Å². The Balaban J connectivity index is 1.14. The maximum absolute atomic E-state index is 2.61. The number of para-hydroxylation sites is 2. The molecule has 1 aromatic heterocycles. The van der Waals surface area contributed by atoms with Crippen molar-refractivity contribution in [1.29, 1.82) is 0 Å². The minimum atomic E-state index is -0.637. The third kappa shape index (κ3) is 6.36. The molecular formula is C60H44N2. The molecule has 0 saturated carbocycles. The number of anilines is 2. The van der Waals surface area contributed by atoms with E-state index in [0.717, 1.165) is 23.5 Å². The van der Waals surface area contributed by atoms with Gasteiger partial charge in [0.05, 0.1) is 11.0 Å². The van der Waals surface area contributed by atoms with Gasteiger partial charge in [-0.05, 0) is 105 Å². The summed E-state index contributed by atoms with van der Waals surface area (Å²) in [6.07, 6.45) is 7.68. The van der Waals surface area contributed by atoms with Gasteiger partial charge in [-0.15, -0.1) is 0 Å². The molecule has 0 amide bonds. The van der Waals surface area contributed by atoms with Gasteiger partial charge in [-0.1, -0.05) is 206 Å². The summed E-state index contributed by atoms with van der Waals surface area (Å²) in [5, 5.41) is 2.50. The number of hydrogen-bond donors (Lipinski definition) is 0. The van der Waals surface area contributed by atoms with Crippen LogP contribution in [0, 0.1) is 0 Å². The van der Waals surface area contributed by atoms with Gasteiger partial charge in [-0.2, -0.15) is 0 Å². The molecule has 2 heteroatoms. The van der Waals surface area contributed by atoms with Crippen molar-refractivity contribution in [2.24, 2.45) is 0 Å². The number of hydrogen-bond acceptors (Lipinski definition) is 1. The van der Waals surface area contributed by atoms with Gasteiger partial charge in [0.25, 0.3) is 0 Å². The van der Waals surface area contributed by atoms with E-state index in [-0.39, 0.29) is 0 Å². The zero-order chi connectivity index (χ0) is 41.3. The van der Waals surface area contributed by atoms with Crippen LogP contribution in [0.5, 0.6) is 0 Å². The summed E-state index contributed by atoms with van der Waals surface area (Å²) >= 11 is 0. The number of allylic oxidation sites excluding steroid dienone is 2. The first-order valence-corrected chi connectivity index (χ1v) is 21.5. The van der Waals surface area contributed by atoms with E-state index < -0.39 is 5.54 Å². The molecule has 0 radical (unpaired) electrons. The number of benzene rings is 9. The molecule has 0 saturated heterocycles. The normalized spacial score (nSPS) is 14.8. The average molecular weight is 793 g/mol. The minimum Gasteiger partial charge on any atom is -0.327 e. The van der Waals surface area contributed by atoms with E-state index in [9.17, 15) is 0 Å². The molecule has 1 unspecified atom stereocenters. The first-order chi connectivity index (χ1) is 30.8. The maximum Gasteiger partial charge on any atom is 0.100 e. The van der Waals surface area contributed by atoms with Crippen LogP contribution in [0.1, 0.15) is 17.5 Å². The van der Waals surface area contributed by atoms with Gasteiger partial charge >= 0.3 is 0 Å². The molecule has 0 N–H and O–H groups in total. The zero-order valence-corrected chi connectivity index (χ0v) is 34.4. The molecule has 1 aliphatic rings. The smallest absolute Gasteiger partial charge is 0.100 e. The topological polar surface area (TPSA) is 8.17 Å². The third-order valence-corrected chi connectivity index (χ3v) is 12.6. The largest absolute Gasteiger partial charge is 0.327 e. The Hall–Kier alpha value is -7.94. The SMILES string of the molecule is C1=CCC(c2ccccc2-c2ccccc2)(N(c2ccc(-c3ccccc3)cc2)c2ccc(-c3cccc4c3c3ccccc3n4-c3ccccc3)cc2)C(c2ccccc2)=C1. The second kappa shape index (κ2) is 15.9. The molecule has 1 atom stereocenters. The van der Waals surface area contributed by atoms with Gasteiger partial charge in [-0.25, -0.2) is 0 Å². The van der Waals surface area contributed by atoms with Gasteiger partial charge in [-0.3, -0.25) is 0 Å². The van der Waals surface area contributed by atoms with E-state index in [1.54, 1.807) is 0 Å². The number of fused-ring (bicyclic) bond motifs is 3. The standard InChI is InChI=1S/C60H44N2/c1-5-20-44(21-6-1)45-35-39-50(40-36-45)62(60(43-18-17-31-55(60)48-24-9-3-10-25-48)56-32-15-13-28-52(56)46-22-7-2-8-23-46)51-41-37-47(38-42-51)53-30-19-34-58-59(53)54-29-14-16-33-57(54)61(58)49-26-11-4-12-27-49/h1-42H,43H2. The van der Waals surface area contributed by atoms with E-state index in [1.807, 2.05) is 0 Å². The molecule has 0 spiro atoms. The quantitative estimate of drug-likeness (QED) is 0.141. The predicted molar refractivity (Wildman–Crippen MR) is 262 cm³/mol. The molecule has 294 valence electrons. The van der Waals surface area contributed by atoms with Crippen molar-refractivity contribution in [3.8, 4) is 39.1 Å². The first kappa shape index (κ1) is 37.1. The van der Waals surface area contributed by atoms with Crippen molar-refractivity contribution in [2.45, 2.75) is 12.0 Å². The lowest BCUT2D eigenvalue weighted by molar-refractivity contribution is 0.568. The summed E-state index contributed by atoms with van der Waals surface area (Å²) < 4.78 is 2.39. The van der Waals surface area contributed by atoms with E-state index >= 15 is 0 Å². The Labute approximate surface area is 363 Å². The Bertz CT molecular complexity index is 3220. The third-order valence-electron chi connectivity index (χ3n) is 12.6. The molecule has 0 aliphatic heterocycles. The summed E-state index contributed by atoms with van der Waals surface area (Å²) in [6.45, 7) is 0. The van der Waals surface area contributed by atoms with Crippen LogP contribution in [-0.4, -0.2) is 4.57 Å². The van der Waals surface area contributed by atoms with E-state index in [0.29, 0.717) is 0 Å². The summed E-state index contributed by atoms with van der Waals surface area (Å²) in [7, 11) is 0. The van der Waals surface area contributed by atoms with Crippen LogP contribution in [-0.2, 0) is 5.54 Å². The fraction of sp³-hybridized carbons (Fsp3) is 0.0333. The van der Waals surface area contributed by atoms with Crippen LogP contribution < -0.4 is 4.90 Å². The summed E-state index contributed by atoms with van der Waals surface area (Å²) in [5.74, 6) is 0. The van der Waals surface area contributed by atoms with Gasteiger partial charge in [0, 0.05) is 27.8 Å². The summed E-state index contributed by atoms with van der Waals surface area (Å²) in [4.78, 5) is 2.61. The lowest BCUT2D eigenvalue weighted by Crippen LogP contribution is -2.45. The molecule has 0 fully saturated rings. The van der Waals surface area contributed by atoms with Crippen molar-refractivity contribution in [3.63, 3.8) is 0 Å². The monoisotopic (exact) mass is 792 g/mol. The molecule has 62 heavy (non-hydrogen) atoms. The lowest BCUT2D eigenvalue weighted by atomic mass is 9.70. The number of aromatic nitrogens is 1. The van der Waals surface area contributed by atoms with Crippen molar-refractivity contribution in [2.75, 3.05) is 4.90 Å². The molecule has 9 aromatic carbocycles. The molecule has 11 rings (SSSR count). The Kier molecular flexibility index (Phi) is 9.52. The van der Waals surface area contributed by atoms with E-state index in [2.05, 4.69) is 264 Å². The van der Waals surface area contributed by atoms with Gasteiger partial charge in [0.15, 0.2) is 0 Å². The van der Waals surface area contributed by atoms with Gasteiger partial charge in [0.1, 0.15) is 5.54 Å². The average Bonchev–Trinajstić information content (AvgIpc) is 3.70. The highest BCUT2D eigenvalue weighted by molar-refractivity contribution is 6.15. The number of nitrogens with zero attached hydrogens (tertiary/aromatic N) is 2. The second-order valence-electron chi connectivity index (χ2n) is 16.0.